The number of nitrogens with zero attached hydrogens (tertiary/aromatic N) is 1. The van der Waals surface area contributed by atoms with E-state index in [4.69, 9.17) is 4.74 Å². The van der Waals surface area contributed by atoms with Gasteiger partial charge >= 0.3 is 0 Å². The lowest BCUT2D eigenvalue weighted by molar-refractivity contribution is 0.230. The van der Waals surface area contributed by atoms with Crippen molar-refractivity contribution in [2.45, 2.75) is 32.4 Å². The average molecular weight is 485 g/mol. The van der Waals surface area contributed by atoms with E-state index in [0.29, 0.717) is 31.2 Å². The topological polar surface area (TPSA) is 79.8 Å². The van der Waals surface area contributed by atoms with E-state index in [-0.39, 0.29) is 53.4 Å². The lowest BCUT2D eigenvalue weighted by atomic mass is 10.3. The minimum Gasteiger partial charge on any atom is -0.489 e. The first-order valence-electron chi connectivity index (χ1n) is 8.05. The normalized spacial score (nSPS) is 20.4. The summed E-state index contributed by atoms with van der Waals surface area (Å²) in [5.41, 5.74) is 0. The fourth-order valence-corrected chi connectivity index (χ4v) is 4.10. The van der Waals surface area contributed by atoms with Gasteiger partial charge in [-0.3, -0.25) is 0 Å². The molecular formula is C16H25FIN3O3S. The number of guanidine groups is 1. The van der Waals surface area contributed by atoms with Gasteiger partial charge in [0, 0.05) is 12.6 Å². The van der Waals surface area contributed by atoms with Gasteiger partial charge in [0.2, 0.25) is 0 Å². The van der Waals surface area contributed by atoms with Crippen LogP contribution in [0.1, 0.15) is 20.3 Å². The number of aliphatic imine (C=N–C) groups is 1. The second-order valence-corrected chi connectivity index (χ2v) is 8.08. The number of hydrogen-bond acceptors (Lipinski definition) is 4. The maximum atomic E-state index is 12.9. The van der Waals surface area contributed by atoms with Gasteiger partial charge in [0.25, 0.3) is 0 Å². The largest absolute Gasteiger partial charge is 0.489 e. The quantitative estimate of drug-likeness (QED) is 0.366. The minimum absolute atomic E-state index is 0. The second kappa shape index (κ2) is 10.1. The predicted octanol–water partition coefficient (Wildman–Crippen LogP) is 1.95. The Balaban J connectivity index is 0.00000312. The zero-order valence-corrected chi connectivity index (χ0v) is 17.5. The Morgan fingerprint density at radius 2 is 2.08 bits per heavy atom. The van der Waals surface area contributed by atoms with Crippen LogP contribution in [0.2, 0.25) is 0 Å². The SMILES string of the molecule is CCNC(=NCC(C)Oc1ccc(F)cc1)NC1CCS(=O)(=O)C1.I. The number of hydrogen-bond donors (Lipinski definition) is 2. The highest BCUT2D eigenvalue weighted by atomic mass is 127. The van der Waals surface area contributed by atoms with Gasteiger partial charge in [-0.2, -0.15) is 0 Å². The van der Waals surface area contributed by atoms with Crippen LogP contribution in [0.15, 0.2) is 29.3 Å². The molecule has 1 aliphatic rings. The van der Waals surface area contributed by atoms with E-state index in [1.165, 1.54) is 12.1 Å². The number of benzene rings is 1. The van der Waals surface area contributed by atoms with E-state index in [1.807, 2.05) is 13.8 Å². The molecule has 0 bridgehead atoms. The molecule has 1 heterocycles. The predicted molar refractivity (Wildman–Crippen MR) is 108 cm³/mol. The molecule has 1 aliphatic heterocycles. The third-order valence-corrected chi connectivity index (χ3v) is 5.34. The molecule has 0 radical (unpaired) electrons. The summed E-state index contributed by atoms with van der Waals surface area (Å²) < 4.78 is 41.6. The van der Waals surface area contributed by atoms with Crippen molar-refractivity contribution in [2.75, 3.05) is 24.6 Å². The Kier molecular flexibility index (Phi) is 8.91. The van der Waals surface area contributed by atoms with E-state index in [1.54, 1.807) is 12.1 Å². The Morgan fingerprint density at radius 1 is 1.40 bits per heavy atom. The molecule has 2 N–H and O–H groups in total. The molecule has 9 heteroatoms. The maximum Gasteiger partial charge on any atom is 0.191 e. The minimum atomic E-state index is -2.93. The molecule has 2 rings (SSSR count). The van der Waals surface area contributed by atoms with Crippen molar-refractivity contribution in [1.29, 1.82) is 0 Å². The first kappa shape index (κ1) is 21.9. The van der Waals surface area contributed by atoms with Gasteiger partial charge in [-0.25, -0.2) is 17.8 Å². The molecule has 0 aliphatic carbocycles. The lowest BCUT2D eigenvalue weighted by Crippen LogP contribution is -2.44. The van der Waals surface area contributed by atoms with Crippen LogP contribution < -0.4 is 15.4 Å². The zero-order chi connectivity index (χ0) is 17.6. The molecular weight excluding hydrogens is 460 g/mol. The third-order valence-electron chi connectivity index (χ3n) is 3.57. The molecule has 25 heavy (non-hydrogen) atoms. The van der Waals surface area contributed by atoms with Crippen LogP contribution in [-0.4, -0.2) is 51.1 Å². The second-order valence-electron chi connectivity index (χ2n) is 5.85. The molecule has 1 aromatic carbocycles. The maximum absolute atomic E-state index is 12.9. The Hall–Kier alpha value is -1.10. The summed E-state index contributed by atoms with van der Waals surface area (Å²) >= 11 is 0. The standard InChI is InChI=1S/C16H24FN3O3S.HI/c1-3-18-16(20-14-8-9-24(21,22)11-14)19-10-12(2)23-15-6-4-13(17)5-7-15;/h4-7,12,14H,3,8-11H2,1-2H3,(H2,18,19,20);1H. The van der Waals surface area contributed by atoms with E-state index in [0.717, 1.165) is 0 Å². The van der Waals surface area contributed by atoms with E-state index < -0.39 is 9.84 Å². The number of ether oxygens (including phenoxy) is 1. The molecule has 0 amide bonds. The molecule has 0 saturated carbocycles. The number of nitrogens with one attached hydrogen (secondary N) is 2. The van der Waals surface area contributed by atoms with Crippen molar-refractivity contribution in [2.24, 2.45) is 4.99 Å². The van der Waals surface area contributed by atoms with Gasteiger partial charge < -0.3 is 15.4 Å². The van der Waals surface area contributed by atoms with Crippen molar-refractivity contribution in [1.82, 2.24) is 10.6 Å². The molecule has 0 aromatic heterocycles. The summed E-state index contributed by atoms with van der Waals surface area (Å²) in [5, 5.41) is 6.26. The highest BCUT2D eigenvalue weighted by Crippen LogP contribution is 2.13. The van der Waals surface area contributed by atoms with Crippen molar-refractivity contribution in [3.63, 3.8) is 0 Å². The Morgan fingerprint density at radius 3 is 2.64 bits per heavy atom. The van der Waals surface area contributed by atoms with Gasteiger partial charge in [-0.15, -0.1) is 24.0 Å². The molecule has 6 nitrogen and oxygen atoms in total. The van der Waals surface area contributed by atoms with E-state index in [9.17, 15) is 12.8 Å². The molecule has 1 fully saturated rings. The van der Waals surface area contributed by atoms with Crippen molar-refractivity contribution in [3.05, 3.63) is 30.1 Å². The molecule has 1 aromatic rings. The van der Waals surface area contributed by atoms with Crippen LogP contribution in [0.4, 0.5) is 4.39 Å². The van der Waals surface area contributed by atoms with E-state index >= 15 is 0 Å². The van der Waals surface area contributed by atoms with Gasteiger partial charge in [0.15, 0.2) is 15.8 Å². The summed E-state index contributed by atoms with van der Waals surface area (Å²) in [6.45, 7) is 4.89. The Bertz CT molecular complexity index is 668. The summed E-state index contributed by atoms with van der Waals surface area (Å²) in [5.74, 6) is 1.21. The van der Waals surface area contributed by atoms with Crippen LogP contribution >= 0.6 is 24.0 Å². The fraction of sp³-hybridized carbons (Fsp3) is 0.562. The highest BCUT2D eigenvalue weighted by Gasteiger charge is 2.28. The van der Waals surface area contributed by atoms with Crippen LogP contribution in [0.25, 0.3) is 0 Å². The number of halogens is 2. The smallest absolute Gasteiger partial charge is 0.191 e. The van der Waals surface area contributed by atoms with Crippen LogP contribution in [0.3, 0.4) is 0 Å². The molecule has 1 saturated heterocycles. The molecule has 2 unspecified atom stereocenters. The number of sulfone groups is 1. The molecule has 0 spiro atoms. The summed E-state index contributed by atoms with van der Waals surface area (Å²) in [4.78, 5) is 4.44. The van der Waals surface area contributed by atoms with Crippen molar-refractivity contribution < 1.29 is 17.5 Å². The summed E-state index contributed by atoms with van der Waals surface area (Å²) in [6.07, 6.45) is 0.396. The van der Waals surface area contributed by atoms with Gasteiger partial charge in [-0.1, -0.05) is 0 Å². The van der Waals surface area contributed by atoms with Crippen LogP contribution in [0, 0.1) is 5.82 Å². The average Bonchev–Trinajstić information content (AvgIpc) is 2.86. The monoisotopic (exact) mass is 485 g/mol. The van der Waals surface area contributed by atoms with Crippen molar-refractivity contribution >= 4 is 39.8 Å². The number of rotatable bonds is 6. The van der Waals surface area contributed by atoms with Crippen LogP contribution in [-0.2, 0) is 9.84 Å². The zero-order valence-electron chi connectivity index (χ0n) is 14.4. The van der Waals surface area contributed by atoms with Gasteiger partial charge in [0.1, 0.15) is 17.7 Å². The third kappa shape index (κ3) is 7.76. The van der Waals surface area contributed by atoms with Crippen LogP contribution in [0.5, 0.6) is 5.75 Å². The van der Waals surface area contributed by atoms with E-state index in [2.05, 4.69) is 15.6 Å². The highest BCUT2D eigenvalue weighted by molar-refractivity contribution is 14.0. The molecule has 2 atom stereocenters. The van der Waals surface area contributed by atoms with Gasteiger partial charge in [-0.05, 0) is 44.5 Å². The van der Waals surface area contributed by atoms with Crippen molar-refractivity contribution in [3.8, 4) is 5.75 Å². The summed E-state index contributed by atoms with van der Waals surface area (Å²) in [7, 11) is -2.93. The lowest BCUT2D eigenvalue weighted by Gasteiger charge is -2.17. The molecule has 142 valence electrons. The first-order chi connectivity index (χ1) is 11.4. The fourth-order valence-electron chi connectivity index (χ4n) is 2.42. The first-order valence-corrected chi connectivity index (χ1v) is 9.87. The van der Waals surface area contributed by atoms with Gasteiger partial charge in [0.05, 0.1) is 18.1 Å². The Labute approximate surface area is 165 Å². The summed E-state index contributed by atoms with van der Waals surface area (Å²) in [6, 6.07) is 5.72.